The van der Waals surface area contributed by atoms with Crippen LogP contribution in [0.1, 0.15) is 52.6 Å². The van der Waals surface area contributed by atoms with Crippen LogP contribution >= 0.6 is 13.5 Å². The first-order valence-corrected chi connectivity index (χ1v) is 14.2. The normalized spacial score (nSPS) is 15.6. The lowest BCUT2D eigenvalue weighted by Crippen LogP contribution is -2.57. The van der Waals surface area contributed by atoms with E-state index < -0.39 is 6.10 Å². The molecule has 1 aromatic carbocycles. The molecular weight excluding hydrogens is 556 g/mol. The number of oxazole rings is 1. The van der Waals surface area contributed by atoms with Gasteiger partial charge in [0.05, 0.1) is 18.3 Å². The van der Waals surface area contributed by atoms with Gasteiger partial charge in [0, 0.05) is 57.4 Å². The molecule has 12 heteroatoms. The molecule has 0 unspecified atom stereocenters. The second kappa shape index (κ2) is 14.5. The molecule has 2 aliphatic rings. The van der Waals surface area contributed by atoms with Crippen LogP contribution in [-0.4, -0.2) is 81.6 Å². The number of amides is 2. The first-order chi connectivity index (χ1) is 19.9. The maximum absolute atomic E-state index is 12.8. The Bertz CT molecular complexity index is 1350. The number of aromatic nitrogens is 2. The van der Waals surface area contributed by atoms with E-state index in [2.05, 4.69) is 38.5 Å². The number of aliphatic hydroxyl groups is 1. The Morgan fingerprint density at radius 3 is 2.86 bits per heavy atom. The molecule has 3 N–H and O–H groups in total. The fourth-order valence-corrected chi connectivity index (χ4v) is 5.33. The maximum Gasteiger partial charge on any atom is 0.251 e. The van der Waals surface area contributed by atoms with Crippen molar-refractivity contribution < 1.29 is 23.8 Å². The summed E-state index contributed by atoms with van der Waals surface area (Å²) in [5, 5.41) is 16.8. The molecule has 2 aliphatic heterocycles. The third-order valence-electron chi connectivity index (χ3n) is 7.61. The summed E-state index contributed by atoms with van der Waals surface area (Å²) in [6.45, 7) is 7.84. The van der Waals surface area contributed by atoms with Gasteiger partial charge in [-0.15, -0.1) is 0 Å². The molecule has 11 nitrogen and oxygen atoms in total. The SMILES string of the molecule is CCCC(=O)N1CC(Nc2cc(C(=O)NC[C@H](O)CN3CCc4c(ccc(OCc5cnco5)c4C)C3)ccn2)C1.S. The van der Waals surface area contributed by atoms with E-state index in [0.717, 1.165) is 37.2 Å². The zero-order valence-electron chi connectivity index (χ0n) is 24.1. The number of nitrogens with zero attached hydrogens (tertiary/aromatic N) is 4. The van der Waals surface area contributed by atoms with E-state index in [-0.39, 0.29) is 37.9 Å². The summed E-state index contributed by atoms with van der Waals surface area (Å²) in [4.78, 5) is 37.0. The van der Waals surface area contributed by atoms with Crippen LogP contribution in [0, 0.1) is 6.92 Å². The van der Waals surface area contributed by atoms with Gasteiger partial charge >= 0.3 is 0 Å². The smallest absolute Gasteiger partial charge is 0.251 e. The highest BCUT2D eigenvalue weighted by Crippen LogP contribution is 2.30. The number of carbonyl (C=O) groups excluding carboxylic acids is 2. The zero-order valence-corrected chi connectivity index (χ0v) is 25.1. The van der Waals surface area contributed by atoms with Crippen molar-refractivity contribution in [2.45, 2.75) is 58.4 Å². The van der Waals surface area contributed by atoms with E-state index in [1.54, 1.807) is 24.5 Å². The minimum absolute atomic E-state index is 0. The second-order valence-electron chi connectivity index (χ2n) is 10.8. The molecule has 1 fully saturated rings. The predicted octanol–water partition coefficient (Wildman–Crippen LogP) is 2.64. The van der Waals surface area contributed by atoms with Crippen molar-refractivity contribution in [3.8, 4) is 5.75 Å². The second-order valence-corrected chi connectivity index (χ2v) is 10.8. The average molecular weight is 597 g/mol. The molecule has 0 saturated carbocycles. The monoisotopic (exact) mass is 596 g/mol. The number of anilines is 1. The first kappa shape index (κ1) is 31.3. The van der Waals surface area contributed by atoms with Crippen LogP contribution in [0.5, 0.6) is 5.75 Å². The highest BCUT2D eigenvalue weighted by Gasteiger charge is 2.30. The Kier molecular flexibility index (Phi) is 10.8. The molecule has 5 rings (SSSR count). The van der Waals surface area contributed by atoms with Crippen molar-refractivity contribution in [3.63, 3.8) is 0 Å². The van der Waals surface area contributed by atoms with Gasteiger partial charge in [-0.1, -0.05) is 13.0 Å². The van der Waals surface area contributed by atoms with Crippen molar-refractivity contribution in [1.82, 2.24) is 25.1 Å². The number of benzene rings is 1. The number of likely N-dealkylation sites (tertiary alicyclic amines) is 1. The number of pyridine rings is 1. The highest BCUT2D eigenvalue weighted by molar-refractivity contribution is 7.59. The van der Waals surface area contributed by atoms with Crippen LogP contribution in [0.2, 0.25) is 0 Å². The van der Waals surface area contributed by atoms with Gasteiger partial charge in [0.25, 0.3) is 5.91 Å². The molecule has 4 heterocycles. The summed E-state index contributed by atoms with van der Waals surface area (Å²) in [6, 6.07) is 7.54. The number of β-amino-alcohol motifs (C(OH)–C–C–N with tert-alkyl or cyclic N) is 1. The molecular formula is C30H40N6O5S. The van der Waals surface area contributed by atoms with Crippen LogP contribution in [0.15, 0.2) is 47.5 Å². The minimum atomic E-state index is -0.702. The topological polar surface area (TPSA) is 133 Å². The Morgan fingerprint density at radius 1 is 1.26 bits per heavy atom. The lowest BCUT2D eigenvalue weighted by atomic mass is 9.94. The molecule has 1 saturated heterocycles. The number of carbonyl (C=O) groups is 2. The summed E-state index contributed by atoms with van der Waals surface area (Å²) in [7, 11) is 0. The van der Waals surface area contributed by atoms with E-state index in [1.807, 2.05) is 17.9 Å². The number of aliphatic hydroxyl groups excluding tert-OH is 1. The van der Waals surface area contributed by atoms with Gasteiger partial charge in [0.1, 0.15) is 18.2 Å². The molecule has 0 spiro atoms. The molecule has 2 amide bonds. The molecule has 2 aromatic heterocycles. The number of hydrogen-bond acceptors (Lipinski definition) is 9. The van der Waals surface area contributed by atoms with Crippen LogP contribution < -0.4 is 15.4 Å². The van der Waals surface area contributed by atoms with E-state index in [9.17, 15) is 14.7 Å². The average Bonchev–Trinajstić information content (AvgIpc) is 3.47. The lowest BCUT2D eigenvalue weighted by Gasteiger charge is -2.39. The Hall–Kier alpha value is -3.61. The molecule has 0 radical (unpaired) electrons. The minimum Gasteiger partial charge on any atom is -0.485 e. The number of hydrogen-bond donors (Lipinski definition) is 3. The Morgan fingerprint density at radius 2 is 2.10 bits per heavy atom. The summed E-state index contributed by atoms with van der Waals surface area (Å²) < 4.78 is 11.2. The van der Waals surface area contributed by atoms with Crippen molar-refractivity contribution in [2.24, 2.45) is 0 Å². The van der Waals surface area contributed by atoms with Gasteiger partial charge in [0.15, 0.2) is 12.2 Å². The number of fused-ring (bicyclic) bond motifs is 1. The van der Waals surface area contributed by atoms with Crippen LogP contribution in [0.25, 0.3) is 0 Å². The third-order valence-corrected chi connectivity index (χ3v) is 7.61. The third kappa shape index (κ3) is 7.81. The lowest BCUT2D eigenvalue weighted by molar-refractivity contribution is -0.135. The van der Waals surface area contributed by atoms with Crippen molar-refractivity contribution in [2.75, 3.05) is 38.0 Å². The fraction of sp³-hybridized carbons (Fsp3) is 0.467. The van der Waals surface area contributed by atoms with Crippen LogP contribution in [-0.2, 0) is 24.4 Å². The summed E-state index contributed by atoms with van der Waals surface area (Å²) in [6.07, 6.45) is 6.20. The summed E-state index contributed by atoms with van der Waals surface area (Å²) in [5.74, 6) is 2.02. The van der Waals surface area contributed by atoms with Crippen molar-refractivity contribution in [1.29, 1.82) is 0 Å². The Labute approximate surface area is 253 Å². The van der Waals surface area contributed by atoms with E-state index in [4.69, 9.17) is 9.15 Å². The number of ether oxygens (including phenoxy) is 1. The van der Waals surface area contributed by atoms with Gasteiger partial charge in [-0.25, -0.2) is 9.97 Å². The van der Waals surface area contributed by atoms with E-state index in [1.165, 1.54) is 17.5 Å². The fourth-order valence-electron chi connectivity index (χ4n) is 5.33. The molecule has 42 heavy (non-hydrogen) atoms. The van der Waals surface area contributed by atoms with Gasteiger partial charge < -0.3 is 29.8 Å². The largest absolute Gasteiger partial charge is 0.485 e. The maximum atomic E-state index is 12.8. The molecule has 0 aliphatic carbocycles. The van der Waals surface area contributed by atoms with E-state index in [0.29, 0.717) is 49.8 Å². The molecule has 3 aromatic rings. The first-order valence-electron chi connectivity index (χ1n) is 14.2. The zero-order chi connectivity index (χ0) is 28.8. The number of rotatable bonds is 12. The van der Waals surface area contributed by atoms with Crippen molar-refractivity contribution >= 4 is 31.1 Å². The van der Waals surface area contributed by atoms with Gasteiger partial charge in [-0.05, 0) is 54.7 Å². The Balaban J connectivity index is 0.00000405. The highest BCUT2D eigenvalue weighted by atomic mass is 32.1. The molecule has 226 valence electrons. The van der Waals surface area contributed by atoms with Gasteiger partial charge in [-0.3, -0.25) is 14.5 Å². The standard InChI is InChI=1S/C30H38N6O5.H2S/c1-3-4-29(38)36-15-23(16-36)34-28-11-21(7-9-32-28)30(39)33-12-24(37)17-35-10-8-26-20(2)27(6-5-22(26)14-35)40-18-25-13-31-19-41-25;/h5-7,9,11,13,19,23-24,37H,3-4,8,10,12,14-18H2,1-2H3,(H,32,34)(H,33,39);1H2/t24-;/m0./s1. The van der Waals surface area contributed by atoms with Crippen LogP contribution in [0.3, 0.4) is 0 Å². The van der Waals surface area contributed by atoms with E-state index >= 15 is 0 Å². The summed E-state index contributed by atoms with van der Waals surface area (Å²) in [5.41, 5.74) is 4.10. The molecule has 0 bridgehead atoms. The predicted molar refractivity (Wildman–Crippen MR) is 163 cm³/mol. The van der Waals surface area contributed by atoms with Crippen molar-refractivity contribution in [3.05, 3.63) is 71.1 Å². The quantitative estimate of drug-likeness (QED) is 0.289. The number of nitrogens with one attached hydrogen (secondary N) is 2. The van der Waals surface area contributed by atoms with Gasteiger partial charge in [-0.2, -0.15) is 13.5 Å². The summed E-state index contributed by atoms with van der Waals surface area (Å²) >= 11 is 0. The van der Waals surface area contributed by atoms with Gasteiger partial charge in [0.2, 0.25) is 5.91 Å². The van der Waals surface area contributed by atoms with Crippen LogP contribution in [0.4, 0.5) is 5.82 Å². The molecule has 1 atom stereocenters.